The van der Waals surface area contributed by atoms with Gasteiger partial charge in [-0.05, 0) is 24.5 Å². The number of para-hydroxylation sites is 1. The Morgan fingerprint density at radius 1 is 1.45 bits per heavy atom. The van der Waals surface area contributed by atoms with Crippen LogP contribution in [0.2, 0.25) is 0 Å². The number of piperidine rings is 1. The number of nitrogens with two attached hydrogens (primary N) is 1. The first-order valence-corrected chi connectivity index (χ1v) is 7.83. The monoisotopic (exact) mass is 299 g/mol. The summed E-state index contributed by atoms with van der Waals surface area (Å²) in [6.07, 6.45) is 2.21. The lowest BCUT2D eigenvalue weighted by atomic mass is 9.77. The van der Waals surface area contributed by atoms with Crippen LogP contribution in [-0.4, -0.2) is 36.3 Å². The first-order valence-electron chi connectivity index (χ1n) is 7.83. The molecule has 0 saturated carbocycles. The van der Waals surface area contributed by atoms with Gasteiger partial charge in [-0.3, -0.25) is 4.79 Å². The third kappa shape index (κ3) is 1.96. The fourth-order valence-electron chi connectivity index (χ4n) is 4.26. The van der Waals surface area contributed by atoms with Gasteiger partial charge in [0.2, 0.25) is 5.91 Å². The molecule has 3 atom stereocenters. The second kappa shape index (κ2) is 5.11. The lowest BCUT2D eigenvalue weighted by molar-refractivity contribution is -0.118. The number of primary amides is 1. The lowest BCUT2D eigenvalue weighted by Crippen LogP contribution is -2.50. The number of methoxy groups -OCH3 is 1. The quantitative estimate of drug-likeness (QED) is 0.893. The van der Waals surface area contributed by atoms with E-state index in [0.717, 1.165) is 24.9 Å². The number of benzene rings is 1. The van der Waals surface area contributed by atoms with E-state index in [0.29, 0.717) is 12.0 Å². The summed E-state index contributed by atoms with van der Waals surface area (Å²) in [4.78, 5) is 11.6. The summed E-state index contributed by atoms with van der Waals surface area (Å²) in [7, 11) is 1.77. The molecule has 5 nitrogen and oxygen atoms in total. The molecule has 1 aliphatic carbocycles. The van der Waals surface area contributed by atoms with Gasteiger partial charge in [0, 0.05) is 42.2 Å². The Morgan fingerprint density at radius 2 is 2.27 bits per heavy atom. The number of nitrogens with one attached hydrogen (secondary N) is 1. The van der Waals surface area contributed by atoms with Crippen molar-refractivity contribution in [2.24, 2.45) is 5.73 Å². The summed E-state index contributed by atoms with van der Waals surface area (Å²) in [5.41, 5.74) is 9.21. The fourth-order valence-corrected chi connectivity index (χ4v) is 4.26. The fraction of sp³-hybridized carbons (Fsp3) is 0.471. The van der Waals surface area contributed by atoms with E-state index in [1.165, 1.54) is 16.6 Å². The minimum Gasteiger partial charge on any atom is -0.379 e. The molecule has 2 bridgehead atoms. The van der Waals surface area contributed by atoms with Crippen LogP contribution in [0.15, 0.2) is 24.3 Å². The zero-order valence-electron chi connectivity index (χ0n) is 12.7. The van der Waals surface area contributed by atoms with Crippen LogP contribution in [0.1, 0.15) is 23.6 Å². The highest BCUT2D eigenvalue weighted by Crippen LogP contribution is 2.42. The van der Waals surface area contributed by atoms with Gasteiger partial charge in [-0.1, -0.05) is 18.2 Å². The van der Waals surface area contributed by atoms with E-state index < -0.39 is 0 Å². The topological polar surface area (TPSA) is 69.3 Å². The van der Waals surface area contributed by atoms with Crippen LogP contribution < -0.4 is 11.1 Å². The molecule has 0 radical (unpaired) electrons. The van der Waals surface area contributed by atoms with Crippen LogP contribution in [-0.2, 0) is 22.5 Å². The number of hydrogen-bond acceptors (Lipinski definition) is 3. The minimum absolute atomic E-state index is 0.145. The van der Waals surface area contributed by atoms with E-state index >= 15 is 0 Å². The number of carbonyl (C=O) groups is 1. The summed E-state index contributed by atoms with van der Waals surface area (Å²) < 4.78 is 7.81. The maximum atomic E-state index is 11.6. The molecule has 5 heteroatoms. The normalized spacial score (nSPS) is 26.9. The van der Waals surface area contributed by atoms with Crippen LogP contribution in [0.4, 0.5) is 0 Å². The van der Waals surface area contributed by atoms with Gasteiger partial charge in [-0.2, -0.15) is 0 Å². The van der Waals surface area contributed by atoms with Crippen molar-refractivity contribution in [2.45, 2.75) is 37.5 Å². The third-order valence-electron chi connectivity index (χ3n) is 5.13. The zero-order valence-corrected chi connectivity index (χ0v) is 12.7. The lowest BCUT2D eigenvalue weighted by Gasteiger charge is -2.41. The molecule has 0 unspecified atom stereocenters. The van der Waals surface area contributed by atoms with Gasteiger partial charge in [-0.25, -0.2) is 0 Å². The highest BCUT2D eigenvalue weighted by atomic mass is 16.5. The Hall–Kier alpha value is -1.85. The molecule has 22 heavy (non-hydrogen) atoms. The highest BCUT2D eigenvalue weighted by Gasteiger charge is 2.40. The van der Waals surface area contributed by atoms with Crippen LogP contribution >= 0.6 is 0 Å². The Bertz CT molecular complexity index is 737. The van der Waals surface area contributed by atoms with Crippen LogP contribution in [0.3, 0.4) is 0 Å². The molecule has 1 amide bonds. The molecular formula is C17H21N3O2. The van der Waals surface area contributed by atoms with Crippen molar-refractivity contribution in [3.05, 3.63) is 35.5 Å². The van der Waals surface area contributed by atoms with Crippen molar-refractivity contribution in [2.75, 3.05) is 13.7 Å². The molecule has 1 aromatic heterocycles. The highest BCUT2D eigenvalue weighted by molar-refractivity contribution is 5.88. The van der Waals surface area contributed by atoms with Crippen molar-refractivity contribution >= 4 is 16.8 Å². The summed E-state index contributed by atoms with van der Waals surface area (Å²) in [6, 6.07) is 8.80. The number of amides is 1. The van der Waals surface area contributed by atoms with Crippen molar-refractivity contribution in [3.8, 4) is 0 Å². The molecule has 2 aliphatic rings. The smallest absolute Gasteiger partial charge is 0.237 e. The van der Waals surface area contributed by atoms with E-state index in [9.17, 15) is 4.79 Å². The van der Waals surface area contributed by atoms with Crippen LogP contribution in [0.25, 0.3) is 10.9 Å². The van der Waals surface area contributed by atoms with Gasteiger partial charge in [0.15, 0.2) is 0 Å². The molecule has 4 rings (SSSR count). The van der Waals surface area contributed by atoms with Crippen molar-refractivity contribution in [1.29, 1.82) is 0 Å². The molecule has 3 N–H and O–H groups in total. The average Bonchev–Trinajstić information content (AvgIpc) is 2.82. The molecule has 1 aromatic carbocycles. The Labute approximate surface area is 129 Å². The molecule has 1 aliphatic heterocycles. The number of hydrogen-bond donors (Lipinski definition) is 2. The second-order valence-corrected chi connectivity index (χ2v) is 6.36. The van der Waals surface area contributed by atoms with Crippen molar-refractivity contribution in [3.63, 3.8) is 0 Å². The second-order valence-electron chi connectivity index (χ2n) is 6.36. The number of rotatable bonds is 3. The van der Waals surface area contributed by atoms with E-state index in [1.807, 2.05) is 6.07 Å². The summed E-state index contributed by atoms with van der Waals surface area (Å²) in [5.74, 6) is 0.0281. The predicted octanol–water partition coefficient (Wildman–Crippen LogP) is 1.14. The number of aromatic nitrogens is 1. The first-order chi connectivity index (χ1) is 10.7. The van der Waals surface area contributed by atoms with E-state index in [1.54, 1.807) is 7.11 Å². The third-order valence-corrected chi connectivity index (χ3v) is 5.13. The van der Waals surface area contributed by atoms with Gasteiger partial charge in [0.25, 0.3) is 0 Å². The minimum atomic E-state index is -0.298. The van der Waals surface area contributed by atoms with Gasteiger partial charge < -0.3 is 20.4 Å². The van der Waals surface area contributed by atoms with Gasteiger partial charge >= 0.3 is 0 Å². The van der Waals surface area contributed by atoms with E-state index in [-0.39, 0.29) is 18.6 Å². The van der Waals surface area contributed by atoms with Gasteiger partial charge in [0.1, 0.15) is 6.54 Å². The largest absolute Gasteiger partial charge is 0.379 e. The Morgan fingerprint density at radius 3 is 3.05 bits per heavy atom. The SMILES string of the molecule is CO[C@@H]1CN[C@H]2Cc3c(n(CC(N)=O)c4ccccc34)[C@@H]1C2. The maximum absolute atomic E-state index is 11.6. The van der Waals surface area contributed by atoms with Crippen LogP contribution in [0, 0.1) is 0 Å². The molecule has 2 heterocycles. The standard InChI is InChI=1S/C17H21N3O2/c1-22-15-8-19-10-6-12-11-4-2-3-5-14(11)20(9-16(18)21)17(12)13(15)7-10/h2-5,10,13,15,19H,6-9H2,1H3,(H2,18,21)/t10-,13+,15+/m0/s1. The number of fused-ring (bicyclic) bond motifs is 6. The first kappa shape index (κ1) is 13.8. The van der Waals surface area contributed by atoms with Crippen molar-refractivity contribution < 1.29 is 9.53 Å². The summed E-state index contributed by atoms with van der Waals surface area (Å²) in [6.45, 7) is 1.10. The van der Waals surface area contributed by atoms with Crippen molar-refractivity contribution in [1.82, 2.24) is 9.88 Å². The molecule has 1 fully saturated rings. The average molecular weight is 299 g/mol. The predicted molar refractivity (Wildman–Crippen MR) is 84.8 cm³/mol. The Kier molecular flexibility index (Phi) is 3.20. The number of ether oxygens (including phenoxy) is 1. The number of nitrogens with zero attached hydrogens (tertiary/aromatic N) is 1. The van der Waals surface area contributed by atoms with Gasteiger partial charge in [-0.15, -0.1) is 0 Å². The summed E-state index contributed by atoms with van der Waals surface area (Å²) >= 11 is 0. The maximum Gasteiger partial charge on any atom is 0.237 e. The number of carbonyl (C=O) groups excluding carboxylic acids is 1. The molecule has 1 saturated heterocycles. The molecule has 2 aromatic rings. The van der Waals surface area contributed by atoms with E-state index in [4.69, 9.17) is 10.5 Å². The summed E-state index contributed by atoms with van der Waals surface area (Å²) in [5, 5.41) is 4.82. The molecule has 116 valence electrons. The zero-order chi connectivity index (χ0) is 15.3. The van der Waals surface area contributed by atoms with Crippen LogP contribution in [0.5, 0.6) is 0 Å². The molecular weight excluding hydrogens is 278 g/mol. The molecule has 0 spiro atoms. The Balaban J connectivity index is 1.96. The van der Waals surface area contributed by atoms with E-state index in [2.05, 4.69) is 28.1 Å². The van der Waals surface area contributed by atoms with Gasteiger partial charge in [0.05, 0.1) is 6.10 Å².